The van der Waals surface area contributed by atoms with Crippen LogP contribution in [0.3, 0.4) is 0 Å². The number of carbonyl (C=O) groups is 1. The average Bonchev–Trinajstić information content (AvgIpc) is 3.12. The first-order chi connectivity index (χ1) is 11.8. The highest BCUT2D eigenvalue weighted by molar-refractivity contribution is 5.78. The molecule has 0 radical (unpaired) electrons. The predicted molar refractivity (Wildman–Crippen MR) is 88.4 cm³/mol. The highest BCUT2D eigenvalue weighted by atomic mass is 16.2. The summed E-state index contributed by atoms with van der Waals surface area (Å²) in [6, 6.07) is 7.86. The molecule has 3 aromatic rings. The lowest BCUT2D eigenvalue weighted by Crippen LogP contribution is -2.41. The third-order valence-corrected chi connectivity index (χ3v) is 5.07. The number of aromatic nitrogens is 4. The summed E-state index contributed by atoms with van der Waals surface area (Å²) in [6.45, 7) is 0.722. The van der Waals surface area contributed by atoms with Crippen LogP contribution in [-0.2, 0) is 11.2 Å². The van der Waals surface area contributed by atoms with E-state index in [-0.39, 0.29) is 11.9 Å². The molecule has 3 aromatic heterocycles. The Kier molecular flexibility index (Phi) is 2.98. The van der Waals surface area contributed by atoms with Crippen LogP contribution < -0.4 is 0 Å². The zero-order valence-electron chi connectivity index (χ0n) is 13.4. The molecule has 0 saturated heterocycles. The van der Waals surface area contributed by atoms with Crippen molar-refractivity contribution in [1.29, 1.82) is 0 Å². The largest absolute Gasteiger partial charge is 0.348 e. The molecular weight excluding hydrogens is 302 g/mol. The van der Waals surface area contributed by atoms with Crippen molar-refractivity contribution in [2.75, 3.05) is 6.54 Å². The lowest BCUT2D eigenvalue weighted by atomic mass is 9.99. The van der Waals surface area contributed by atoms with Gasteiger partial charge in [-0.25, -0.2) is 9.50 Å². The summed E-state index contributed by atoms with van der Waals surface area (Å²) in [5.41, 5.74) is 3.98. The number of hydrogen-bond acceptors (Lipinski definition) is 3. The third-order valence-electron chi connectivity index (χ3n) is 5.07. The lowest BCUT2D eigenvalue weighted by Gasteiger charge is -2.34. The monoisotopic (exact) mass is 321 g/mol. The number of amides is 1. The smallest absolute Gasteiger partial charge is 0.223 e. The molecule has 4 heterocycles. The van der Waals surface area contributed by atoms with Crippen molar-refractivity contribution in [2.45, 2.75) is 31.7 Å². The Hall–Kier alpha value is -2.63. The number of rotatable bonds is 3. The van der Waals surface area contributed by atoms with Crippen molar-refractivity contribution in [1.82, 2.24) is 24.5 Å². The maximum atomic E-state index is 12.8. The van der Waals surface area contributed by atoms with E-state index < -0.39 is 0 Å². The second-order valence-corrected chi connectivity index (χ2v) is 6.79. The summed E-state index contributed by atoms with van der Waals surface area (Å²) < 4.78 is 1.86. The first-order valence-electron chi connectivity index (χ1n) is 8.55. The normalized spacial score (nSPS) is 20.3. The van der Waals surface area contributed by atoms with Crippen molar-refractivity contribution in [3.63, 3.8) is 0 Å². The number of pyridine rings is 1. The van der Waals surface area contributed by atoms with Crippen LogP contribution in [0.4, 0.5) is 0 Å². The van der Waals surface area contributed by atoms with Crippen molar-refractivity contribution < 1.29 is 4.79 Å². The van der Waals surface area contributed by atoms with E-state index in [4.69, 9.17) is 5.10 Å². The molecule has 6 heteroatoms. The second-order valence-electron chi connectivity index (χ2n) is 6.79. The topological polar surface area (TPSA) is 66.3 Å². The Bertz CT molecular complexity index is 874. The summed E-state index contributed by atoms with van der Waals surface area (Å²) in [7, 11) is 0. The molecule has 24 heavy (non-hydrogen) atoms. The van der Waals surface area contributed by atoms with E-state index in [1.54, 1.807) is 6.33 Å². The molecule has 0 unspecified atom stereocenters. The van der Waals surface area contributed by atoms with Crippen molar-refractivity contribution in [3.05, 3.63) is 53.9 Å². The molecule has 1 amide bonds. The molecule has 1 aliphatic carbocycles. The van der Waals surface area contributed by atoms with Gasteiger partial charge in [0.25, 0.3) is 0 Å². The van der Waals surface area contributed by atoms with Gasteiger partial charge in [0.2, 0.25) is 5.91 Å². The number of aromatic amines is 1. The van der Waals surface area contributed by atoms with Gasteiger partial charge in [0, 0.05) is 31.3 Å². The molecule has 1 aliphatic heterocycles. The molecule has 6 nitrogen and oxygen atoms in total. The van der Waals surface area contributed by atoms with Gasteiger partial charge in [0.15, 0.2) is 0 Å². The quantitative estimate of drug-likeness (QED) is 0.805. The number of nitrogens with one attached hydrogen (secondary N) is 1. The molecule has 0 bridgehead atoms. The summed E-state index contributed by atoms with van der Waals surface area (Å²) in [5, 5.41) is 4.71. The Balaban J connectivity index is 1.58. The minimum absolute atomic E-state index is 0.189. The van der Waals surface area contributed by atoms with E-state index in [1.807, 2.05) is 33.8 Å². The summed E-state index contributed by atoms with van der Waals surface area (Å²) in [5.74, 6) is 0.813. The second kappa shape index (κ2) is 5.19. The molecule has 0 aromatic carbocycles. The van der Waals surface area contributed by atoms with Crippen LogP contribution in [0.15, 0.2) is 36.8 Å². The van der Waals surface area contributed by atoms with Crippen LogP contribution in [0.2, 0.25) is 0 Å². The first-order valence-corrected chi connectivity index (χ1v) is 8.55. The fraction of sp³-hybridized carbons (Fsp3) is 0.389. The Labute approximate surface area is 139 Å². The number of imidazole rings is 1. The van der Waals surface area contributed by atoms with Gasteiger partial charge in [-0.1, -0.05) is 6.07 Å². The third kappa shape index (κ3) is 2.21. The molecule has 5 rings (SSSR count). The number of carbonyl (C=O) groups excluding carboxylic acids is 1. The fourth-order valence-electron chi connectivity index (χ4n) is 3.62. The Morgan fingerprint density at radius 1 is 1.33 bits per heavy atom. The minimum atomic E-state index is -0.189. The van der Waals surface area contributed by atoms with Gasteiger partial charge in [-0.05, 0) is 37.0 Å². The zero-order chi connectivity index (χ0) is 16.1. The molecule has 1 saturated carbocycles. The van der Waals surface area contributed by atoms with Crippen LogP contribution >= 0.6 is 0 Å². The Morgan fingerprint density at radius 2 is 2.25 bits per heavy atom. The van der Waals surface area contributed by atoms with Crippen molar-refractivity contribution in [2.24, 2.45) is 5.92 Å². The van der Waals surface area contributed by atoms with Gasteiger partial charge in [-0.3, -0.25) is 4.79 Å². The molecule has 0 spiro atoms. The fourth-order valence-corrected chi connectivity index (χ4v) is 3.62. The van der Waals surface area contributed by atoms with Crippen molar-refractivity contribution >= 4 is 11.4 Å². The van der Waals surface area contributed by atoms with Gasteiger partial charge in [-0.15, -0.1) is 0 Å². The van der Waals surface area contributed by atoms with Crippen LogP contribution in [0, 0.1) is 5.92 Å². The SMILES string of the molecule is O=C(CC1CC1)N1CCc2[nH]cnc2[C@@H]1c1cc2ccccn2n1. The van der Waals surface area contributed by atoms with Crippen LogP contribution in [0.5, 0.6) is 0 Å². The number of fused-ring (bicyclic) bond motifs is 2. The number of H-pyrrole nitrogens is 1. The van der Waals surface area contributed by atoms with Gasteiger partial charge < -0.3 is 9.88 Å². The van der Waals surface area contributed by atoms with Crippen molar-refractivity contribution in [3.8, 4) is 0 Å². The van der Waals surface area contributed by atoms with Crippen LogP contribution in [0.1, 0.15) is 42.4 Å². The maximum Gasteiger partial charge on any atom is 0.223 e. The first kappa shape index (κ1) is 13.8. The van der Waals surface area contributed by atoms with E-state index in [2.05, 4.69) is 16.0 Å². The number of hydrogen-bond donors (Lipinski definition) is 1. The van der Waals surface area contributed by atoms with E-state index in [9.17, 15) is 4.79 Å². The van der Waals surface area contributed by atoms with E-state index in [0.29, 0.717) is 12.3 Å². The predicted octanol–water partition coefficient (Wildman–Crippen LogP) is 2.33. The van der Waals surface area contributed by atoms with E-state index in [0.717, 1.165) is 35.6 Å². The highest BCUT2D eigenvalue weighted by Gasteiger charge is 2.37. The molecule has 1 N–H and O–H groups in total. The van der Waals surface area contributed by atoms with Gasteiger partial charge >= 0.3 is 0 Å². The maximum absolute atomic E-state index is 12.8. The van der Waals surface area contributed by atoms with Gasteiger partial charge in [0.05, 0.1) is 23.2 Å². The van der Waals surface area contributed by atoms with E-state index >= 15 is 0 Å². The number of nitrogens with zero attached hydrogens (tertiary/aromatic N) is 4. The van der Waals surface area contributed by atoms with Crippen LogP contribution in [0.25, 0.3) is 5.52 Å². The average molecular weight is 321 g/mol. The summed E-state index contributed by atoms with van der Waals surface area (Å²) in [4.78, 5) is 22.5. The molecule has 1 atom stereocenters. The standard InChI is InChI=1S/C18H19N5O/c24-16(9-12-4-5-12)22-8-6-14-17(20-11-19-14)18(22)15-10-13-3-1-2-7-23(13)21-15/h1-3,7,10-12,18H,4-6,8-9H2,(H,19,20)/t18-/m0/s1. The van der Waals surface area contributed by atoms with E-state index in [1.165, 1.54) is 12.8 Å². The summed E-state index contributed by atoms with van der Waals surface area (Å²) in [6.07, 6.45) is 7.52. The molecule has 122 valence electrons. The minimum Gasteiger partial charge on any atom is -0.348 e. The molecule has 1 fully saturated rings. The molecule has 2 aliphatic rings. The Morgan fingerprint density at radius 3 is 3.08 bits per heavy atom. The van der Waals surface area contributed by atoms with Crippen LogP contribution in [-0.4, -0.2) is 36.9 Å². The lowest BCUT2D eigenvalue weighted by molar-refractivity contribution is -0.133. The zero-order valence-corrected chi connectivity index (χ0v) is 13.4. The van der Waals surface area contributed by atoms with Gasteiger partial charge in [0.1, 0.15) is 6.04 Å². The highest BCUT2D eigenvalue weighted by Crippen LogP contribution is 2.37. The summed E-state index contributed by atoms with van der Waals surface area (Å²) >= 11 is 0. The molecular formula is C18H19N5O. The van der Waals surface area contributed by atoms with Gasteiger partial charge in [-0.2, -0.15) is 5.10 Å².